The van der Waals surface area contributed by atoms with Crippen molar-refractivity contribution in [2.24, 2.45) is 0 Å². The second kappa shape index (κ2) is 5.61. The Morgan fingerprint density at radius 3 is 2.57 bits per heavy atom. The van der Waals surface area contributed by atoms with Crippen LogP contribution >= 0.6 is 0 Å². The number of halogens is 1. The molecule has 2 rings (SSSR count). The molecule has 0 aliphatic rings. The minimum atomic E-state index is -3.89. The SMILES string of the molecule is COc1cc(NS(=O)(=O)c2cc(F)ccc2C)ccc1N. The molecule has 112 valence electrons. The van der Waals surface area contributed by atoms with E-state index in [0.29, 0.717) is 17.0 Å². The van der Waals surface area contributed by atoms with Crippen molar-refractivity contribution in [3.63, 3.8) is 0 Å². The molecule has 0 bridgehead atoms. The highest BCUT2D eigenvalue weighted by Gasteiger charge is 2.18. The monoisotopic (exact) mass is 310 g/mol. The highest BCUT2D eigenvalue weighted by Crippen LogP contribution is 2.27. The van der Waals surface area contributed by atoms with Crippen LogP contribution in [0.3, 0.4) is 0 Å². The first-order chi connectivity index (χ1) is 9.83. The third kappa shape index (κ3) is 3.25. The predicted octanol–water partition coefficient (Wildman–Crippen LogP) is 2.53. The minimum absolute atomic E-state index is 0.113. The molecule has 0 fully saturated rings. The van der Waals surface area contributed by atoms with Crippen LogP contribution < -0.4 is 15.2 Å². The number of nitrogens with two attached hydrogens (primary N) is 1. The first kappa shape index (κ1) is 15.1. The first-order valence-corrected chi connectivity index (χ1v) is 7.54. The lowest BCUT2D eigenvalue weighted by Gasteiger charge is -2.12. The molecule has 0 atom stereocenters. The zero-order chi connectivity index (χ0) is 15.6. The second-order valence-corrected chi connectivity index (χ2v) is 6.12. The van der Waals surface area contributed by atoms with Gasteiger partial charge in [0.1, 0.15) is 11.6 Å². The van der Waals surface area contributed by atoms with E-state index in [9.17, 15) is 12.8 Å². The number of nitrogens with one attached hydrogen (secondary N) is 1. The van der Waals surface area contributed by atoms with Crippen LogP contribution in [0, 0.1) is 12.7 Å². The Balaban J connectivity index is 2.40. The van der Waals surface area contributed by atoms with Gasteiger partial charge in [0.05, 0.1) is 23.4 Å². The van der Waals surface area contributed by atoms with Gasteiger partial charge in [0.15, 0.2) is 0 Å². The summed E-state index contributed by atoms with van der Waals surface area (Å²) in [6.07, 6.45) is 0. The van der Waals surface area contributed by atoms with E-state index in [1.807, 2.05) is 0 Å². The van der Waals surface area contributed by atoms with Crippen LogP contribution in [0.1, 0.15) is 5.56 Å². The fourth-order valence-corrected chi connectivity index (χ4v) is 3.16. The highest BCUT2D eigenvalue weighted by atomic mass is 32.2. The lowest BCUT2D eigenvalue weighted by atomic mass is 10.2. The Kier molecular flexibility index (Phi) is 4.04. The molecule has 0 unspecified atom stereocenters. The Hall–Kier alpha value is -2.28. The number of nitrogen functional groups attached to an aromatic ring is 1. The topological polar surface area (TPSA) is 81.4 Å². The number of ether oxygens (including phenoxy) is 1. The van der Waals surface area contributed by atoms with E-state index in [0.717, 1.165) is 6.07 Å². The molecule has 0 saturated heterocycles. The summed E-state index contributed by atoms with van der Waals surface area (Å²) in [6, 6.07) is 8.08. The van der Waals surface area contributed by atoms with Crippen molar-refractivity contribution >= 4 is 21.4 Å². The number of aryl methyl sites for hydroxylation is 1. The molecule has 0 aliphatic heterocycles. The minimum Gasteiger partial charge on any atom is -0.495 e. The maximum Gasteiger partial charge on any atom is 0.262 e. The Labute approximate surface area is 122 Å². The van der Waals surface area contributed by atoms with Gasteiger partial charge in [-0.25, -0.2) is 12.8 Å². The Morgan fingerprint density at radius 2 is 1.90 bits per heavy atom. The standard InChI is InChI=1S/C14H15FN2O3S/c1-9-3-4-10(15)7-14(9)21(18,19)17-11-5-6-12(16)13(8-11)20-2/h3-8,17H,16H2,1-2H3. The number of anilines is 2. The normalized spacial score (nSPS) is 11.2. The van der Waals surface area contributed by atoms with Crippen LogP contribution in [-0.4, -0.2) is 15.5 Å². The lowest BCUT2D eigenvalue weighted by Crippen LogP contribution is -2.14. The quantitative estimate of drug-likeness (QED) is 0.850. The van der Waals surface area contributed by atoms with Gasteiger partial charge in [0, 0.05) is 6.07 Å². The number of methoxy groups -OCH3 is 1. The van der Waals surface area contributed by atoms with E-state index >= 15 is 0 Å². The second-order valence-electron chi connectivity index (χ2n) is 4.47. The third-order valence-corrected chi connectivity index (χ3v) is 4.45. The van der Waals surface area contributed by atoms with Crippen LogP contribution in [0.4, 0.5) is 15.8 Å². The molecule has 3 N–H and O–H groups in total. The molecule has 21 heavy (non-hydrogen) atoms. The molecular formula is C14H15FN2O3S. The summed E-state index contributed by atoms with van der Waals surface area (Å²) < 4.78 is 45.3. The number of benzene rings is 2. The van der Waals surface area contributed by atoms with Crippen LogP contribution in [0.25, 0.3) is 0 Å². The molecule has 0 spiro atoms. The maximum absolute atomic E-state index is 13.3. The maximum atomic E-state index is 13.3. The molecule has 5 nitrogen and oxygen atoms in total. The summed E-state index contributed by atoms with van der Waals surface area (Å²) >= 11 is 0. The lowest BCUT2D eigenvalue weighted by molar-refractivity contribution is 0.417. The Bertz CT molecular complexity index is 776. The fraction of sp³-hybridized carbons (Fsp3) is 0.143. The molecule has 0 saturated carbocycles. The van der Waals surface area contributed by atoms with Gasteiger partial charge in [-0.2, -0.15) is 0 Å². The zero-order valence-electron chi connectivity index (χ0n) is 11.6. The summed E-state index contributed by atoms with van der Waals surface area (Å²) in [4.78, 5) is -0.113. The van der Waals surface area contributed by atoms with E-state index in [1.54, 1.807) is 6.92 Å². The van der Waals surface area contributed by atoms with E-state index < -0.39 is 15.8 Å². The fourth-order valence-electron chi connectivity index (χ4n) is 1.85. The van der Waals surface area contributed by atoms with Crippen molar-refractivity contribution in [2.45, 2.75) is 11.8 Å². The van der Waals surface area contributed by atoms with Crippen molar-refractivity contribution in [3.05, 3.63) is 47.8 Å². The van der Waals surface area contributed by atoms with Crippen LogP contribution in [-0.2, 0) is 10.0 Å². The number of sulfonamides is 1. The van der Waals surface area contributed by atoms with E-state index in [4.69, 9.17) is 10.5 Å². The van der Waals surface area contributed by atoms with Crippen molar-refractivity contribution in [1.82, 2.24) is 0 Å². The summed E-state index contributed by atoms with van der Waals surface area (Å²) in [5, 5.41) is 0. The molecule has 0 radical (unpaired) electrons. The highest BCUT2D eigenvalue weighted by molar-refractivity contribution is 7.92. The Morgan fingerprint density at radius 1 is 1.19 bits per heavy atom. The van der Waals surface area contributed by atoms with Gasteiger partial charge in [0.2, 0.25) is 0 Å². The smallest absolute Gasteiger partial charge is 0.262 e. The van der Waals surface area contributed by atoms with Crippen LogP contribution in [0.2, 0.25) is 0 Å². The first-order valence-electron chi connectivity index (χ1n) is 6.06. The summed E-state index contributed by atoms with van der Waals surface area (Å²) in [7, 11) is -2.46. The largest absolute Gasteiger partial charge is 0.495 e. The molecule has 0 aromatic heterocycles. The molecule has 2 aromatic rings. The molecule has 2 aromatic carbocycles. The molecular weight excluding hydrogens is 295 g/mol. The van der Waals surface area contributed by atoms with Gasteiger partial charge in [-0.3, -0.25) is 4.72 Å². The van der Waals surface area contributed by atoms with Crippen LogP contribution in [0.5, 0.6) is 5.75 Å². The van der Waals surface area contributed by atoms with Gasteiger partial charge in [-0.05, 0) is 36.8 Å². The molecule has 0 amide bonds. The average molecular weight is 310 g/mol. The van der Waals surface area contributed by atoms with Gasteiger partial charge in [0.25, 0.3) is 10.0 Å². The third-order valence-electron chi connectivity index (χ3n) is 2.93. The predicted molar refractivity (Wildman–Crippen MR) is 79.4 cm³/mol. The van der Waals surface area contributed by atoms with Gasteiger partial charge >= 0.3 is 0 Å². The van der Waals surface area contributed by atoms with E-state index in [-0.39, 0.29) is 10.6 Å². The van der Waals surface area contributed by atoms with E-state index in [1.165, 1.54) is 37.4 Å². The van der Waals surface area contributed by atoms with Crippen molar-refractivity contribution in [3.8, 4) is 5.75 Å². The van der Waals surface area contributed by atoms with E-state index in [2.05, 4.69) is 4.72 Å². The molecule has 0 heterocycles. The van der Waals surface area contributed by atoms with Crippen molar-refractivity contribution in [1.29, 1.82) is 0 Å². The van der Waals surface area contributed by atoms with Crippen molar-refractivity contribution in [2.75, 3.05) is 17.6 Å². The van der Waals surface area contributed by atoms with Crippen LogP contribution in [0.15, 0.2) is 41.3 Å². The van der Waals surface area contributed by atoms with Gasteiger partial charge in [-0.1, -0.05) is 6.07 Å². The summed E-state index contributed by atoms with van der Waals surface area (Å²) in [6.45, 7) is 1.59. The van der Waals surface area contributed by atoms with Gasteiger partial charge < -0.3 is 10.5 Å². The van der Waals surface area contributed by atoms with Crippen molar-refractivity contribution < 1.29 is 17.5 Å². The van der Waals surface area contributed by atoms with Gasteiger partial charge in [-0.15, -0.1) is 0 Å². The molecule has 0 aliphatic carbocycles. The summed E-state index contributed by atoms with van der Waals surface area (Å²) in [5.74, 6) is -0.262. The average Bonchev–Trinajstić information content (AvgIpc) is 2.43. The zero-order valence-corrected chi connectivity index (χ0v) is 12.4. The summed E-state index contributed by atoms with van der Waals surface area (Å²) in [5.41, 5.74) is 6.79. The molecule has 7 heteroatoms. The number of hydrogen-bond acceptors (Lipinski definition) is 4. The number of rotatable bonds is 4. The number of hydrogen-bond donors (Lipinski definition) is 2.